The highest BCUT2D eigenvalue weighted by atomic mass is 16.5. The summed E-state index contributed by atoms with van der Waals surface area (Å²) in [7, 11) is 4.59. The second-order valence-corrected chi connectivity index (χ2v) is 4.13. The zero-order chi connectivity index (χ0) is 14.9. The van der Waals surface area contributed by atoms with E-state index >= 15 is 0 Å². The molecule has 7 heteroatoms. The number of aryl methyl sites for hydroxylation is 1. The Balaban J connectivity index is 2.71. The number of aromatic nitrogens is 2. The molecule has 3 N–H and O–H groups in total. The lowest BCUT2D eigenvalue weighted by molar-refractivity contribution is 0.0693. The summed E-state index contributed by atoms with van der Waals surface area (Å²) in [5.74, 6) is 0.0186. The molecule has 1 aromatic heterocycles. The van der Waals surface area contributed by atoms with Crippen molar-refractivity contribution in [3.05, 3.63) is 23.9 Å². The molecule has 2 aromatic rings. The molecule has 0 saturated carbocycles. The molecule has 0 saturated heterocycles. The molecule has 0 unspecified atom stereocenters. The highest BCUT2D eigenvalue weighted by Crippen LogP contribution is 2.38. The Kier molecular flexibility index (Phi) is 3.51. The van der Waals surface area contributed by atoms with Gasteiger partial charge in [0, 0.05) is 24.2 Å². The number of aromatic carboxylic acids is 1. The van der Waals surface area contributed by atoms with E-state index in [0.29, 0.717) is 22.7 Å². The number of methoxy groups -OCH3 is 2. The van der Waals surface area contributed by atoms with E-state index in [1.54, 1.807) is 13.2 Å². The molecule has 2 rings (SSSR count). The van der Waals surface area contributed by atoms with Crippen molar-refractivity contribution in [2.45, 2.75) is 0 Å². The Hall–Kier alpha value is -2.70. The van der Waals surface area contributed by atoms with Gasteiger partial charge in [0.05, 0.1) is 20.4 Å². The van der Waals surface area contributed by atoms with Gasteiger partial charge < -0.3 is 20.3 Å². The molecule has 0 fully saturated rings. The molecule has 0 bridgehead atoms. The molecule has 0 aliphatic heterocycles. The molecule has 106 valence electrons. The minimum atomic E-state index is -1.09. The monoisotopic (exact) mass is 277 g/mol. The summed E-state index contributed by atoms with van der Waals surface area (Å²) in [5, 5.41) is 13.3. The fraction of sp³-hybridized carbons (Fsp3) is 0.231. The highest BCUT2D eigenvalue weighted by molar-refractivity contribution is 5.94. The van der Waals surface area contributed by atoms with Crippen LogP contribution >= 0.6 is 0 Å². The van der Waals surface area contributed by atoms with Crippen LogP contribution in [0.25, 0.3) is 11.1 Å². The van der Waals surface area contributed by atoms with E-state index in [2.05, 4.69) is 5.10 Å². The number of hydrogen-bond acceptors (Lipinski definition) is 5. The van der Waals surface area contributed by atoms with Gasteiger partial charge in [-0.3, -0.25) is 4.68 Å². The van der Waals surface area contributed by atoms with Crippen LogP contribution < -0.4 is 15.2 Å². The first-order chi connectivity index (χ1) is 9.49. The zero-order valence-electron chi connectivity index (χ0n) is 11.4. The first kappa shape index (κ1) is 13.7. The second kappa shape index (κ2) is 5.12. The lowest BCUT2D eigenvalue weighted by atomic mass is 10.0. The van der Waals surface area contributed by atoms with Gasteiger partial charge in [-0.1, -0.05) is 0 Å². The maximum atomic E-state index is 11.3. The van der Waals surface area contributed by atoms with Crippen LogP contribution in [0.2, 0.25) is 0 Å². The van der Waals surface area contributed by atoms with Gasteiger partial charge in [0.25, 0.3) is 0 Å². The van der Waals surface area contributed by atoms with Crippen molar-refractivity contribution in [3.8, 4) is 22.6 Å². The summed E-state index contributed by atoms with van der Waals surface area (Å²) in [6.45, 7) is 0. The number of nitrogen functional groups attached to an aromatic ring is 1. The highest BCUT2D eigenvalue weighted by Gasteiger charge is 2.19. The smallest absolute Gasteiger partial charge is 0.339 e. The minimum Gasteiger partial charge on any atom is -0.496 e. The minimum absolute atomic E-state index is 0.0338. The molecular weight excluding hydrogens is 262 g/mol. The lowest BCUT2D eigenvalue weighted by Crippen LogP contribution is -2.03. The fourth-order valence-electron chi connectivity index (χ4n) is 1.93. The van der Waals surface area contributed by atoms with Crippen LogP contribution in [0.1, 0.15) is 10.4 Å². The van der Waals surface area contributed by atoms with Crippen LogP contribution in [0, 0.1) is 0 Å². The first-order valence-corrected chi connectivity index (χ1v) is 5.76. The number of anilines is 1. The summed E-state index contributed by atoms with van der Waals surface area (Å²) in [6, 6.07) is 2.98. The van der Waals surface area contributed by atoms with Gasteiger partial charge in [-0.25, -0.2) is 4.79 Å². The summed E-state index contributed by atoms with van der Waals surface area (Å²) < 4.78 is 11.8. The summed E-state index contributed by atoms with van der Waals surface area (Å²) in [4.78, 5) is 11.3. The zero-order valence-corrected chi connectivity index (χ0v) is 11.4. The van der Waals surface area contributed by atoms with Crippen molar-refractivity contribution < 1.29 is 19.4 Å². The standard InChI is InChI=1S/C13H15N3O4/c1-16-12(14)9(6-15-16)7-4-8(13(17)18)11(20-3)5-10(7)19-2/h4-6H,14H2,1-3H3,(H,17,18). The Labute approximate surface area is 115 Å². The van der Waals surface area contributed by atoms with Gasteiger partial charge in [-0.15, -0.1) is 0 Å². The van der Waals surface area contributed by atoms with E-state index in [4.69, 9.17) is 15.2 Å². The van der Waals surface area contributed by atoms with Crippen molar-refractivity contribution in [1.29, 1.82) is 0 Å². The molecule has 0 aliphatic carbocycles. The number of carboxylic acids is 1. The predicted octanol–water partition coefficient (Wildman–Crippen LogP) is 1.38. The van der Waals surface area contributed by atoms with Crippen LogP contribution in [-0.4, -0.2) is 35.1 Å². The number of benzene rings is 1. The van der Waals surface area contributed by atoms with Crippen LogP contribution in [-0.2, 0) is 7.05 Å². The van der Waals surface area contributed by atoms with Crippen LogP contribution in [0.3, 0.4) is 0 Å². The molecule has 7 nitrogen and oxygen atoms in total. The van der Waals surface area contributed by atoms with Gasteiger partial charge >= 0.3 is 5.97 Å². The normalized spacial score (nSPS) is 10.3. The van der Waals surface area contributed by atoms with Crippen molar-refractivity contribution in [2.75, 3.05) is 20.0 Å². The molecule has 20 heavy (non-hydrogen) atoms. The van der Waals surface area contributed by atoms with Crippen molar-refractivity contribution >= 4 is 11.8 Å². The fourth-order valence-corrected chi connectivity index (χ4v) is 1.93. The summed E-state index contributed by atoms with van der Waals surface area (Å²) in [5.41, 5.74) is 7.11. The van der Waals surface area contributed by atoms with Crippen molar-refractivity contribution in [3.63, 3.8) is 0 Å². The van der Waals surface area contributed by atoms with E-state index in [1.165, 1.54) is 31.0 Å². The average molecular weight is 277 g/mol. The number of carboxylic acid groups (broad SMARTS) is 1. The van der Waals surface area contributed by atoms with Crippen LogP contribution in [0.15, 0.2) is 18.3 Å². The number of hydrogen-bond donors (Lipinski definition) is 2. The molecule has 1 aromatic carbocycles. The summed E-state index contributed by atoms with van der Waals surface area (Å²) in [6.07, 6.45) is 1.56. The number of nitrogens with zero attached hydrogens (tertiary/aromatic N) is 2. The Morgan fingerprint density at radius 3 is 2.35 bits per heavy atom. The number of nitrogens with two attached hydrogens (primary N) is 1. The molecule has 0 amide bonds. The topological polar surface area (TPSA) is 99.6 Å². The molecule has 0 aliphatic rings. The van der Waals surface area contributed by atoms with E-state index in [-0.39, 0.29) is 11.3 Å². The van der Waals surface area contributed by atoms with Crippen molar-refractivity contribution in [2.24, 2.45) is 7.05 Å². The maximum absolute atomic E-state index is 11.3. The van der Waals surface area contributed by atoms with E-state index < -0.39 is 5.97 Å². The average Bonchev–Trinajstić information content (AvgIpc) is 2.77. The van der Waals surface area contributed by atoms with Gasteiger partial charge in [0.15, 0.2) is 0 Å². The number of rotatable bonds is 4. The van der Waals surface area contributed by atoms with E-state index in [9.17, 15) is 9.90 Å². The molecule has 0 radical (unpaired) electrons. The largest absolute Gasteiger partial charge is 0.496 e. The predicted molar refractivity (Wildman–Crippen MR) is 73.1 cm³/mol. The quantitative estimate of drug-likeness (QED) is 0.876. The van der Waals surface area contributed by atoms with Gasteiger partial charge in [0.1, 0.15) is 22.9 Å². The van der Waals surface area contributed by atoms with Crippen LogP contribution in [0.4, 0.5) is 5.82 Å². The third-order valence-electron chi connectivity index (χ3n) is 3.03. The van der Waals surface area contributed by atoms with E-state index in [0.717, 1.165) is 0 Å². The SMILES string of the molecule is COc1cc(OC)c(-c2cnn(C)c2N)cc1C(=O)O. The maximum Gasteiger partial charge on any atom is 0.339 e. The van der Waals surface area contributed by atoms with Gasteiger partial charge in [-0.05, 0) is 6.07 Å². The second-order valence-electron chi connectivity index (χ2n) is 4.13. The van der Waals surface area contributed by atoms with Gasteiger partial charge in [0.2, 0.25) is 0 Å². The number of carbonyl (C=O) groups is 1. The third kappa shape index (κ3) is 2.13. The third-order valence-corrected chi connectivity index (χ3v) is 3.03. The number of ether oxygens (including phenoxy) is 2. The first-order valence-electron chi connectivity index (χ1n) is 5.76. The van der Waals surface area contributed by atoms with E-state index in [1.807, 2.05) is 0 Å². The Morgan fingerprint density at radius 2 is 1.90 bits per heavy atom. The molecule has 0 spiro atoms. The molecule has 0 atom stereocenters. The molecule has 1 heterocycles. The summed E-state index contributed by atoms with van der Waals surface area (Å²) >= 11 is 0. The van der Waals surface area contributed by atoms with Crippen molar-refractivity contribution in [1.82, 2.24) is 9.78 Å². The lowest BCUT2D eigenvalue weighted by Gasteiger charge is -2.12. The van der Waals surface area contributed by atoms with Crippen LogP contribution in [0.5, 0.6) is 11.5 Å². The van der Waals surface area contributed by atoms with Gasteiger partial charge in [-0.2, -0.15) is 5.10 Å². The Morgan fingerprint density at radius 1 is 1.25 bits per heavy atom. The Bertz CT molecular complexity index is 664. The molecular formula is C13H15N3O4.